The normalized spacial score (nSPS) is 18.0. The van der Waals surface area contributed by atoms with Crippen LogP contribution in [0.5, 0.6) is 0 Å². The lowest BCUT2D eigenvalue weighted by atomic mass is 10.1. The Bertz CT molecular complexity index is 61.5. The SMILES string of the molecule is CCCC(O)(S)CC. The van der Waals surface area contributed by atoms with Gasteiger partial charge in [-0.05, 0) is 12.8 Å². The number of hydrogen-bond acceptors (Lipinski definition) is 2. The van der Waals surface area contributed by atoms with Crippen molar-refractivity contribution in [2.45, 2.75) is 38.0 Å². The molecule has 0 bridgehead atoms. The van der Waals surface area contributed by atoms with Gasteiger partial charge >= 0.3 is 0 Å². The van der Waals surface area contributed by atoms with E-state index in [0.29, 0.717) is 0 Å². The zero-order valence-electron chi connectivity index (χ0n) is 5.52. The Kier molecular flexibility index (Phi) is 3.49. The standard InChI is InChI=1S/C6H14OS/c1-3-5-6(7,8)4-2/h7-8H,3-5H2,1-2H3. The predicted octanol–water partition coefficient (Wildman–Crippen LogP) is 1.81. The average molecular weight is 134 g/mol. The van der Waals surface area contributed by atoms with Crippen molar-refractivity contribution >= 4 is 12.6 Å². The lowest BCUT2D eigenvalue weighted by molar-refractivity contribution is 0.125. The molecule has 1 N–H and O–H groups in total. The van der Waals surface area contributed by atoms with Gasteiger partial charge in [-0.3, -0.25) is 0 Å². The molecule has 1 nitrogen and oxygen atoms in total. The van der Waals surface area contributed by atoms with Crippen molar-refractivity contribution in [3.63, 3.8) is 0 Å². The minimum absolute atomic E-state index is 0.714. The molecule has 0 aliphatic carbocycles. The summed E-state index contributed by atoms with van der Waals surface area (Å²) >= 11 is 4.02. The fourth-order valence-corrected chi connectivity index (χ4v) is 0.801. The molecule has 0 amide bonds. The molecule has 0 aromatic heterocycles. The minimum Gasteiger partial charge on any atom is -0.380 e. The molecule has 0 saturated heterocycles. The van der Waals surface area contributed by atoms with Crippen molar-refractivity contribution in [3.8, 4) is 0 Å². The summed E-state index contributed by atoms with van der Waals surface area (Å²) in [5, 5.41) is 9.19. The van der Waals surface area contributed by atoms with Crippen LogP contribution in [0.3, 0.4) is 0 Å². The van der Waals surface area contributed by atoms with Crippen molar-refractivity contribution in [2.24, 2.45) is 0 Å². The molecular formula is C6H14OS. The molecule has 0 heterocycles. The molecule has 0 aromatic carbocycles. The Hall–Kier alpha value is 0.310. The Morgan fingerprint density at radius 3 is 2.12 bits per heavy atom. The van der Waals surface area contributed by atoms with E-state index in [2.05, 4.69) is 12.6 Å². The highest BCUT2D eigenvalue weighted by Gasteiger charge is 2.15. The van der Waals surface area contributed by atoms with Gasteiger partial charge in [0.25, 0.3) is 0 Å². The zero-order chi connectivity index (χ0) is 6.62. The maximum absolute atomic E-state index is 9.19. The topological polar surface area (TPSA) is 20.2 Å². The van der Waals surface area contributed by atoms with Gasteiger partial charge < -0.3 is 5.11 Å². The maximum Gasteiger partial charge on any atom is 0.107 e. The van der Waals surface area contributed by atoms with E-state index in [4.69, 9.17) is 0 Å². The van der Waals surface area contributed by atoms with E-state index < -0.39 is 4.93 Å². The van der Waals surface area contributed by atoms with Gasteiger partial charge in [0.15, 0.2) is 0 Å². The van der Waals surface area contributed by atoms with Crippen molar-refractivity contribution in [3.05, 3.63) is 0 Å². The van der Waals surface area contributed by atoms with E-state index in [-0.39, 0.29) is 0 Å². The van der Waals surface area contributed by atoms with Crippen molar-refractivity contribution < 1.29 is 5.11 Å². The van der Waals surface area contributed by atoms with Crippen LogP contribution in [-0.2, 0) is 0 Å². The van der Waals surface area contributed by atoms with Crippen LogP contribution in [0.4, 0.5) is 0 Å². The Balaban J connectivity index is 3.37. The summed E-state index contributed by atoms with van der Waals surface area (Å²) in [5.41, 5.74) is 0. The molecule has 0 fully saturated rings. The highest BCUT2D eigenvalue weighted by atomic mass is 32.1. The van der Waals surface area contributed by atoms with Gasteiger partial charge in [-0.1, -0.05) is 20.3 Å². The van der Waals surface area contributed by atoms with E-state index in [1.165, 1.54) is 0 Å². The summed E-state index contributed by atoms with van der Waals surface area (Å²) in [4.78, 5) is -0.714. The molecule has 0 aliphatic rings. The molecule has 0 rings (SSSR count). The first-order valence-electron chi connectivity index (χ1n) is 3.07. The third-order valence-electron chi connectivity index (χ3n) is 1.22. The molecule has 1 atom stereocenters. The molecule has 0 spiro atoms. The quantitative estimate of drug-likeness (QED) is 0.445. The first-order valence-corrected chi connectivity index (χ1v) is 3.52. The van der Waals surface area contributed by atoms with Gasteiger partial charge in [0.05, 0.1) is 0 Å². The fourth-order valence-electron chi connectivity index (χ4n) is 0.577. The van der Waals surface area contributed by atoms with Crippen LogP contribution in [0, 0.1) is 0 Å². The second kappa shape index (κ2) is 3.36. The van der Waals surface area contributed by atoms with E-state index >= 15 is 0 Å². The van der Waals surface area contributed by atoms with Crippen molar-refractivity contribution in [1.82, 2.24) is 0 Å². The van der Waals surface area contributed by atoms with E-state index in [9.17, 15) is 5.11 Å². The van der Waals surface area contributed by atoms with E-state index in [1.807, 2.05) is 13.8 Å². The van der Waals surface area contributed by atoms with E-state index in [1.54, 1.807) is 0 Å². The monoisotopic (exact) mass is 134 g/mol. The van der Waals surface area contributed by atoms with Gasteiger partial charge in [0.1, 0.15) is 4.93 Å². The molecule has 0 saturated carbocycles. The zero-order valence-corrected chi connectivity index (χ0v) is 6.41. The number of thiol groups is 1. The molecule has 50 valence electrons. The second-order valence-corrected chi connectivity index (χ2v) is 2.92. The summed E-state index contributed by atoms with van der Waals surface area (Å²) in [6, 6.07) is 0. The molecule has 0 radical (unpaired) electrons. The Labute approximate surface area is 56.5 Å². The molecule has 0 aromatic rings. The van der Waals surface area contributed by atoms with Crippen LogP contribution in [0.25, 0.3) is 0 Å². The van der Waals surface area contributed by atoms with Crippen LogP contribution in [0.15, 0.2) is 0 Å². The number of hydrogen-bond donors (Lipinski definition) is 2. The predicted molar refractivity (Wildman–Crippen MR) is 39.1 cm³/mol. The lowest BCUT2D eigenvalue weighted by Gasteiger charge is -2.18. The molecule has 2 heteroatoms. The summed E-state index contributed by atoms with van der Waals surface area (Å²) in [7, 11) is 0. The van der Waals surface area contributed by atoms with Crippen LogP contribution in [0.2, 0.25) is 0 Å². The minimum atomic E-state index is -0.714. The highest BCUT2D eigenvalue weighted by Crippen LogP contribution is 2.20. The number of rotatable bonds is 3. The summed E-state index contributed by atoms with van der Waals surface area (Å²) in [6.45, 7) is 3.97. The smallest absolute Gasteiger partial charge is 0.107 e. The second-order valence-electron chi connectivity index (χ2n) is 2.09. The molecule has 0 aliphatic heterocycles. The third kappa shape index (κ3) is 3.33. The average Bonchev–Trinajstić information content (AvgIpc) is 1.67. The van der Waals surface area contributed by atoms with Gasteiger partial charge in [-0.2, -0.15) is 0 Å². The summed E-state index contributed by atoms with van der Waals surface area (Å²) in [5.74, 6) is 0. The van der Waals surface area contributed by atoms with Crippen LogP contribution >= 0.6 is 12.6 Å². The maximum atomic E-state index is 9.19. The number of aliphatic hydroxyl groups is 1. The van der Waals surface area contributed by atoms with Gasteiger partial charge in [-0.25, -0.2) is 0 Å². The summed E-state index contributed by atoms with van der Waals surface area (Å²) in [6.07, 6.45) is 2.50. The lowest BCUT2D eigenvalue weighted by Crippen LogP contribution is -2.18. The van der Waals surface area contributed by atoms with Crippen LogP contribution in [0.1, 0.15) is 33.1 Å². The van der Waals surface area contributed by atoms with Crippen LogP contribution in [-0.4, -0.2) is 10.0 Å². The first kappa shape index (κ1) is 8.31. The molecule has 1 unspecified atom stereocenters. The fraction of sp³-hybridized carbons (Fsp3) is 1.00. The van der Waals surface area contributed by atoms with Gasteiger partial charge in [0, 0.05) is 0 Å². The van der Waals surface area contributed by atoms with Gasteiger partial charge in [-0.15, -0.1) is 12.6 Å². The van der Waals surface area contributed by atoms with Gasteiger partial charge in [0.2, 0.25) is 0 Å². The van der Waals surface area contributed by atoms with E-state index in [0.717, 1.165) is 19.3 Å². The van der Waals surface area contributed by atoms with Crippen molar-refractivity contribution in [2.75, 3.05) is 0 Å². The highest BCUT2D eigenvalue weighted by molar-refractivity contribution is 7.81. The first-order chi connectivity index (χ1) is 3.62. The Morgan fingerprint density at radius 2 is 2.00 bits per heavy atom. The molecular weight excluding hydrogens is 120 g/mol. The van der Waals surface area contributed by atoms with Crippen LogP contribution < -0.4 is 0 Å². The summed E-state index contributed by atoms with van der Waals surface area (Å²) < 4.78 is 0. The molecule has 8 heavy (non-hydrogen) atoms. The van der Waals surface area contributed by atoms with Crippen molar-refractivity contribution in [1.29, 1.82) is 0 Å². The Morgan fingerprint density at radius 1 is 1.50 bits per heavy atom. The third-order valence-corrected chi connectivity index (χ3v) is 1.76. The largest absolute Gasteiger partial charge is 0.380 e.